The zero-order valence-corrected chi connectivity index (χ0v) is 17.1. The van der Waals surface area contributed by atoms with Gasteiger partial charge in [0.25, 0.3) is 0 Å². The number of allylic oxidation sites excluding steroid dienone is 2. The van der Waals surface area contributed by atoms with Crippen LogP contribution in [0.5, 0.6) is 5.75 Å². The first-order chi connectivity index (χ1) is 15.1. The van der Waals surface area contributed by atoms with Crippen molar-refractivity contribution in [2.75, 3.05) is 19.0 Å². The minimum Gasteiger partial charge on any atom is -0.495 e. The number of nitrogens with zero attached hydrogens (tertiary/aromatic N) is 1. The number of anilines is 1. The molecule has 1 N–H and O–H groups in total. The maximum Gasteiger partial charge on any atom is 0.233 e. The van der Waals surface area contributed by atoms with Crippen molar-refractivity contribution >= 4 is 45.3 Å². The summed E-state index contributed by atoms with van der Waals surface area (Å²) < 4.78 is 11.4. The fraction of sp³-hybridized carbons (Fsp3) is 0.292. The van der Waals surface area contributed by atoms with E-state index in [9.17, 15) is 14.4 Å². The average Bonchev–Trinajstić information content (AvgIpc) is 3.26. The third kappa shape index (κ3) is 3.26. The van der Waals surface area contributed by atoms with Gasteiger partial charge in [-0.05, 0) is 25.0 Å². The second kappa shape index (κ2) is 7.58. The summed E-state index contributed by atoms with van der Waals surface area (Å²) in [5, 5.41) is 4.70. The smallest absolute Gasteiger partial charge is 0.233 e. The Morgan fingerprint density at radius 3 is 2.48 bits per heavy atom. The average molecular weight is 418 g/mol. The Morgan fingerprint density at radius 2 is 1.77 bits per heavy atom. The number of methoxy groups -OCH3 is 1. The highest BCUT2D eigenvalue weighted by Crippen LogP contribution is 2.37. The summed E-state index contributed by atoms with van der Waals surface area (Å²) in [6.07, 6.45) is 5.09. The van der Waals surface area contributed by atoms with Crippen LogP contribution < -0.4 is 10.1 Å². The van der Waals surface area contributed by atoms with E-state index in [0.29, 0.717) is 29.9 Å². The second-order valence-electron chi connectivity index (χ2n) is 7.93. The molecular weight excluding hydrogens is 396 g/mol. The number of carbonyl (C=O) groups excluding carboxylic acids is 3. The SMILES string of the molecule is COc1cc2c(cc1NC(=O)CCN1C(=O)[C@@H]3CC=CC[C@H]3C1=O)oc1ccccc12. The molecule has 7 heteroatoms. The Morgan fingerprint density at radius 1 is 1.06 bits per heavy atom. The molecule has 2 atom stereocenters. The van der Waals surface area contributed by atoms with E-state index in [1.807, 2.05) is 42.5 Å². The maximum absolute atomic E-state index is 12.6. The van der Waals surface area contributed by atoms with Gasteiger partial charge in [-0.1, -0.05) is 30.4 Å². The Labute approximate surface area is 178 Å². The van der Waals surface area contributed by atoms with E-state index in [4.69, 9.17) is 9.15 Å². The number of fused-ring (bicyclic) bond motifs is 4. The zero-order chi connectivity index (χ0) is 21.5. The third-order valence-electron chi connectivity index (χ3n) is 6.13. The van der Waals surface area contributed by atoms with Crippen molar-refractivity contribution in [1.82, 2.24) is 4.90 Å². The lowest BCUT2D eigenvalue weighted by molar-refractivity contribution is -0.140. The molecule has 1 aliphatic carbocycles. The number of para-hydroxylation sites is 1. The van der Waals surface area contributed by atoms with Crippen molar-refractivity contribution < 1.29 is 23.5 Å². The molecule has 158 valence electrons. The number of nitrogens with one attached hydrogen (secondary N) is 1. The number of likely N-dealkylation sites (tertiary alicyclic amines) is 1. The molecule has 1 saturated heterocycles. The number of carbonyl (C=O) groups is 3. The predicted molar refractivity (Wildman–Crippen MR) is 116 cm³/mol. The summed E-state index contributed by atoms with van der Waals surface area (Å²) >= 11 is 0. The number of benzene rings is 2. The van der Waals surface area contributed by atoms with E-state index in [2.05, 4.69) is 5.32 Å². The highest BCUT2D eigenvalue weighted by Gasteiger charge is 2.46. The molecule has 3 amide bonds. The van der Waals surface area contributed by atoms with Crippen molar-refractivity contribution in [2.24, 2.45) is 11.8 Å². The van der Waals surface area contributed by atoms with Crippen molar-refractivity contribution in [2.45, 2.75) is 19.3 Å². The van der Waals surface area contributed by atoms with Gasteiger partial charge in [-0.3, -0.25) is 19.3 Å². The van der Waals surface area contributed by atoms with E-state index < -0.39 is 0 Å². The fourth-order valence-electron chi connectivity index (χ4n) is 4.53. The summed E-state index contributed by atoms with van der Waals surface area (Å²) in [7, 11) is 1.54. The number of furan rings is 1. The van der Waals surface area contributed by atoms with Gasteiger partial charge >= 0.3 is 0 Å². The van der Waals surface area contributed by atoms with Gasteiger partial charge in [0.15, 0.2) is 0 Å². The molecule has 2 heterocycles. The van der Waals surface area contributed by atoms with Crippen LogP contribution in [0.4, 0.5) is 5.69 Å². The molecule has 5 rings (SSSR count). The van der Waals surface area contributed by atoms with Crippen LogP contribution in [0.15, 0.2) is 53.0 Å². The van der Waals surface area contributed by atoms with Crippen LogP contribution in [-0.2, 0) is 14.4 Å². The molecule has 2 aromatic carbocycles. The van der Waals surface area contributed by atoms with Gasteiger partial charge in [0.1, 0.15) is 16.9 Å². The van der Waals surface area contributed by atoms with Crippen LogP contribution in [0.25, 0.3) is 21.9 Å². The molecular formula is C24H22N2O5. The standard InChI is InChI=1S/C24H22N2O5/c1-30-21-12-17-14-6-4-5-9-19(14)31-20(17)13-18(21)25-22(27)10-11-26-23(28)15-7-2-3-8-16(15)24(26)29/h2-6,9,12-13,15-16H,7-8,10-11H2,1H3,(H,25,27)/t15-,16-/m1/s1. The molecule has 3 aromatic rings. The van der Waals surface area contributed by atoms with Crippen molar-refractivity contribution in [3.8, 4) is 5.75 Å². The fourth-order valence-corrected chi connectivity index (χ4v) is 4.53. The van der Waals surface area contributed by atoms with Crippen LogP contribution in [-0.4, -0.2) is 36.3 Å². The number of amides is 3. The van der Waals surface area contributed by atoms with E-state index in [1.165, 1.54) is 12.0 Å². The molecule has 1 aromatic heterocycles. The number of rotatable bonds is 5. The molecule has 7 nitrogen and oxygen atoms in total. The highest BCUT2D eigenvalue weighted by molar-refractivity contribution is 6.08. The predicted octanol–water partition coefficient (Wildman–Crippen LogP) is 3.87. The van der Waals surface area contributed by atoms with E-state index >= 15 is 0 Å². The first-order valence-corrected chi connectivity index (χ1v) is 10.4. The van der Waals surface area contributed by atoms with E-state index in [1.54, 1.807) is 6.07 Å². The van der Waals surface area contributed by atoms with Gasteiger partial charge in [-0.2, -0.15) is 0 Å². The van der Waals surface area contributed by atoms with Crippen LogP contribution in [0.3, 0.4) is 0 Å². The summed E-state index contributed by atoms with van der Waals surface area (Å²) in [4.78, 5) is 39.0. The van der Waals surface area contributed by atoms with Gasteiger partial charge in [0.05, 0.1) is 24.6 Å². The van der Waals surface area contributed by atoms with Gasteiger partial charge in [-0.15, -0.1) is 0 Å². The zero-order valence-electron chi connectivity index (χ0n) is 17.1. The first kappa shape index (κ1) is 19.4. The highest BCUT2D eigenvalue weighted by atomic mass is 16.5. The summed E-state index contributed by atoms with van der Waals surface area (Å²) in [6.45, 7) is 0.0751. The van der Waals surface area contributed by atoms with Gasteiger partial charge in [0.2, 0.25) is 17.7 Å². The normalized spacial score (nSPS) is 20.5. The van der Waals surface area contributed by atoms with Gasteiger partial charge in [-0.25, -0.2) is 0 Å². The number of hydrogen-bond donors (Lipinski definition) is 1. The van der Waals surface area contributed by atoms with E-state index in [0.717, 1.165) is 16.4 Å². The lowest BCUT2D eigenvalue weighted by Crippen LogP contribution is -2.34. The molecule has 31 heavy (non-hydrogen) atoms. The molecule has 0 saturated carbocycles. The Balaban J connectivity index is 1.32. The molecule has 2 aliphatic rings. The third-order valence-corrected chi connectivity index (χ3v) is 6.13. The molecule has 1 aliphatic heterocycles. The quantitative estimate of drug-likeness (QED) is 0.502. The summed E-state index contributed by atoms with van der Waals surface area (Å²) in [6, 6.07) is 11.3. The molecule has 1 fully saturated rings. The largest absolute Gasteiger partial charge is 0.495 e. The first-order valence-electron chi connectivity index (χ1n) is 10.4. The summed E-state index contributed by atoms with van der Waals surface area (Å²) in [5.41, 5.74) is 1.87. The molecule has 0 spiro atoms. The lowest BCUT2D eigenvalue weighted by atomic mass is 9.85. The molecule has 0 radical (unpaired) electrons. The topological polar surface area (TPSA) is 88.9 Å². The minimum absolute atomic E-state index is 0.0195. The Kier molecular flexibility index (Phi) is 4.73. The minimum atomic E-state index is -0.303. The summed E-state index contributed by atoms with van der Waals surface area (Å²) in [5.74, 6) is -0.700. The Bertz CT molecular complexity index is 1220. The number of imide groups is 1. The lowest BCUT2D eigenvalue weighted by Gasteiger charge is -2.15. The van der Waals surface area contributed by atoms with Crippen LogP contribution in [0, 0.1) is 11.8 Å². The van der Waals surface area contributed by atoms with Gasteiger partial charge in [0, 0.05) is 29.8 Å². The van der Waals surface area contributed by atoms with Crippen LogP contribution in [0.2, 0.25) is 0 Å². The maximum atomic E-state index is 12.6. The molecule has 0 bridgehead atoms. The van der Waals surface area contributed by atoms with Crippen molar-refractivity contribution in [1.29, 1.82) is 0 Å². The van der Waals surface area contributed by atoms with Crippen molar-refractivity contribution in [3.05, 3.63) is 48.6 Å². The monoisotopic (exact) mass is 418 g/mol. The Hall–Kier alpha value is -3.61. The van der Waals surface area contributed by atoms with Gasteiger partial charge < -0.3 is 14.5 Å². The second-order valence-corrected chi connectivity index (χ2v) is 7.93. The number of hydrogen-bond acceptors (Lipinski definition) is 5. The molecule has 0 unspecified atom stereocenters. The number of ether oxygens (including phenoxy) is 1. The van der Waals surface area contributed by atoms with Crippen LogP contribution in [0.1, 0.15) is 19.3 Å². The van der Waals surface area contributed by atoms with E-state index in [-0.39, 0.29) is 42.5 Å². The van der Waals surface area contributed by atoms with Crippen LogP contribution >= 0.6 is 0 Å². The van der Waals surface area contributed by atoms with Crippen molar-refractivity contribution in [3.63, 3.8) is 0 Å².